The van der Waals surface area contributed by atoms with E-state index in [9.17, 15) is 9.18 Å². The third-order valence-electron chi connectivity index (χ3n) is 4.22. The lowest BCUT2D eigenvalue weighted by atomic mass is 10.1. The van der Waals surface area contributed by atoms with Crippen molar-refractivity contribution in [3.63, 3.8) is 0 Å². The first-order chi connectivity index (χ1) is 14.5. The normalized spacial score (nSPS) is 10.9. The summed E-state index contributed by atoms with van der Waals surface area (Å²) < 4.78 is 20.0. The van der Waals surface area contributed by atoms with Crippen molar-refractivity contribution in [2.24, 2.45) is 7.05 Å². The van der Waals surface area contributed by atoms with Crippen molar-refractivity contribution in [3.8, 4) is 23.1 Å². The van der Waals surface area contributed by atoms with E-state index in [2.05, 4.69) is 25.7 Å². The summed E-state index contributed by atoms with van der Waals surface area (Å²) in [4.78, 5) is 16.5. The molecule has 10 heteroatoms. The summed E-state index contributed by atoms with van der Waals surface area (Å²) in [5.74, 6) is 0.615. The monoisotopic (exact) mass is 424 g/mol. The van der Waals surface area contributed by atoms with E-state index in [4.69, 9.17) is 4.52 Å². The molecule has 0 aliphatic carbocycles. The largest absolute Gasteiger partial charge is 0.330 e. The van der Waals surface area contributed by atoms with Crippen molar-refractivity contribution < 1.29 is 13.7 Å². The number of nitrogens with one attached hydrogen (secondary N) is 1. The number of thioether (sulfide) groups is 1. The summed E-state index contributed by atoms with van der Waals surface area (Å²) in [7, 11) is 1.76. The second-order valence-corrected chi connectivity index (χ2v) is 7.44. The van der Waals surface area contributed by atoms with E-state index in [-0.39, 0.29) is 23.4 Å². The van der Waals surface area contributed by atoms with Crippen LogP contribution >= 0.6 is 11.8 Å². The molecule has 2 aromatic heterocycles. The number of hydrogen-bond donors (Lipinski definition) is 1. The van der Waals surface area contributed by atoms with E-state index >= 15 is 0 Å². The summed E-state index contributed by atoms with van der Waals surface area (Å²) in [6, 6.07) is 13.3. The molecule has 0 bridgehead atoms. The molecular weight excluding hydrogens is 407 g/mol. The molecule has 1 N–H and O–H groups in total. The Labute approximate surface area is 175 Å². The number of anilines is 1. The van der Waals surface area contributed by atoms with Gasteiger partial charge in [-0.2, -0.15) is 4.98 Å². The maximum atomic E-state index is 12.9. The number of carbonyl (C=O) groups is 1. The summed E-state index contributed by atoms with van der Waals surface area (Å²) in [6.45, 7) is 2.00. The van der Waals surface area contributed by atoms with Gasteiger partial charge in [0.25, 0.3) is 5.89 Å². The molecule has 0 spiro atoms. The summed E-state index contributed by atoms with van der Waals surface area (Å²) in [5.41, 5.74) is 2.50. The zero-order valence-corrected chi connectivity index (χ0v) is 17.0. The van der Waals surface area contributed by atoms with Gasteiger partial charge in [0.1, 0.15) is 5.82 Å². The summed E-state index contributed by atoms with van der Waals surface area (Å²) in [6.07, 6.45) is 0. The zero-order chi connectivity index (χ0) is 21.1. The lowest BCUT2D eigenvalue weighted by molar-refractivity contribution is -0.113. The van der Waals surface area contributed by atoms with Crippen LogP contribution in [0, 0.1) is 12.7 Å². The predicted octanol–water partition coefficient (Wildman–Crippen LogP) is 3.71. The molecule has 152 valence electrons. The average molecular weight is 424 g/mol. The fourth-order valence-electron chi connectivity index (χ4n) is 2.62. The smallest absolute Gasteiger partial charge is 0.296 e. The fraction of sp³-hybridized carbons (Fsp3) is 0.150. The fourth-order valence-corrected chi connectivity index (χ4v) is 3.33. The molecule has 0 radical (unpaired) electrons. The topological polar surface area (TPSA) is 98.7 Å². The van der Waals surface area contributed by atoms with Crippen molar-refractivity contribution >= 4 is 23.4 Å². The Morgan fingerprint density at radius 2 is 1.87 bits per heavy atom. The number of amides is 1. The van der Waals surface area contributed by atoms with E-state index in [0.29, 0.717) is 22.5 Å². The van der Waals surface area contributed by atoms with Crippen molar-refractivity contribution in [3.05, 3.63) is 59.9 Å². The molecule has 0 saturated carbocycles. The lowest BCUT2D eigenvalue weighted by Gasteiger charge is -2.05. The Bertz CT molecular complexity index is 1170. The van der Waals surface area contributed by atoms with Crippen LogP contribution in [0.4, 0.5) is 10.1 Å². The van der Waals surface area contributed by atoms with Crippen LogP contribution in [0.3, 0.4) is 0 Å². The van der Waals surface area contributed by atoms with Gasteiger partial charge in [0.15, 0.2) is 5.16 Å². The number of aromatic nitrogens is 5. The van der Waals surface area contributed by atoms with Gasteiger partial charge in [-0.25, -0.2) is 4.39 Å². The van der Waals surface area contributed by atoms with Crippen LogP contribution in [-0.2, 0) is 11.8 Å². The Morgan fingerprint density at radius 3 is 2.60 bits per heavy atom. The molecule has 0 unspecified atom stereocenters. The lowest BCUT2D eigenvalue weighted by Crippen LogP contribution is -2.14. The van der Waals surface area contributed by atoms with Gasteiger partial charge in [-0.05, 0) is 31.2 Å². The third-order valence-corrected chi connectivity index (χ3v) is 5.24. The van der Waals surface area contributed by atoms with Crippen LogP contribution in [0.1, 0.15) is 5.56 Å². The van der Waals surface area contributed by atoms with Gasteiger partial charge in [-0.3, -0.25) is 4.79 Å². The minimum absolute atomic E-state index is 0.113. The zero-order valence-electron chi connectivity index (χ0n) is 16.2. The predicted molar refractivity (Wildman–Crippen MR) is 110 cm³/mol. The van der Waals surface area contributed by atoms with E-state index in [1.54, 1.807) is 11.6 Å². The van der Waals surface area contributed by atoms with Crippen LogP contribution in [0.5, 0.6) is 0 Å². The van der Waals surface area contributed by atoms with Gasteiger partial charge in [-0.15, -0.1) is 10.2 Å². The number of hydrogen-bond acceptors (Lipinski definition) is 7. The van der Waals surface area contributed by atoms with Crippen molar-refractivity contribution in [2.75, 3.05) is 11.1 Å². The van der Waals surface area contributed by atoms with E-state index in [1.165, 1.54) is 36.0 Å². The Hall–Kier alpha value is -3.53. The first kappa shape index (κ1) is 19.8. The summed E-state index contributed by atoms with van der Waals surface area (Å²) in [5, 5.41) is 15.4. The molecule has 2 aromatic carbocycles. The number of benzene rings is 2. The first-order valence-corrected chi connectivity index (χ1v) is 9.97. The molecule has 0 saturated heterocycles. The van der Waals surface area contributed by atoms with Crippen LogP contribution in [0.2, 0.25) is 0 Å². The maximum absolute atomic E-state index is 12.9. The van der Waals surface area contributed by atoms with Gasteiger partial charge in [0.2, 0.25) is 17.6 Å². The number of nitrogens with zero attached hydrogens (tertiary/aromatic N) is 5. The number of halogens is 1. The standard InChI is InChI=1S/C20H17FN6O2S/c1-12-3-5-13(6-4-12)17-23-19(29-26-17)18-24-25-20(27(18)2)30-11-16(28)22-15-9-7-14(21)8-10-15/h3-10H,11H2,1-2H3,(H,22,28). The van der Waals surface area contributed by atoms with Crippen LogP contribution in [-0.4, -0.2) is 36.6 Å². The minimum Gasteiger partial charge on any atom is -0.330 e. The highest BCUT2D eigenvalue weighted by Gasteiger charge is 2.19. The molecule has 2 heterocycles. The number of rotatable bonds is 6. The highest BCUT2D eigenvalue weighted by molar-refractivity contribution is 7.99. The minimum atomic E-state index is -0.361. The van der Waals surface area contributed by atoms with Crippen molar-refractivity contribution in [1.82, 2.24) is 24.9 Å². The highest BCUT2D eigenvalue weighted by Crippen LogP contribution is 2.24. The summed E-state index contributed by atoms with van der Waals surface area (Å²) >= 11 is 1.21. The molecule has 4 rings (SSSR count). The van der Waals surface area contributed by atoms with Crippen LogP contribution < -0.4 is 5.32 Å². The highest BCUT2D eigenvalue weighted by atomic mass is 32.2. The molecule has 0 aliphatic heterocycles. The van der Waals surface area contributed by atoms with Crippen LogP contribution in [0.25, 0.3) is 23.1 Å². The number of aryl methyl sites for hydroxylation is 1. The third kappa shape index (κ3) is 4.38. The molecule has 0 fully saturated rings. The first-order valence-electron chi connectivity index (χ1n) is 8.98. The molecular formula is C20H17FN6O2S. The van der Waals surface area contributed by atoms with E-state index in [0.717, 1.165) is 11.1 Å². The molecule has 0 atom stereocenters. The number of carbonyl (C=O) groups excluding carboxylic acids is 1. The second kappa shape index (κ2) is 8.46. The van der Waals surface area contributed by atoms with E-state index < -0.39 is 0 Å². The average Bonchev–Trinajstić information content (AvgIpc) is 3.35. The Morgan fingerprint density at radius 1 is 1.13 bits per heavy atom. The van der Waals surface area contributed by atoms with Gasteiger partial charge >= 0.3 is 0 Å². The SMILES string of the molecule is Cc1ccc(-c2noc(-c3nnc(SCC(=O)Nc4ccc(F)cc4)n3C)n2)cc1. The van der Waals surface area contributed by atoms with Crippen molar-refractivity contribution in [2.45, 2.75) is 12.1 Å². The molecule has 0 aliphatic rings. The maximum Gasteiger partial charge on any atom is 0.296 e. The molecule has 8 nitrogen and oxygen atoms in total. The second-order valence-electron chi connectivity index (χ2n) is 6.50. The Balaban J connectivity index is 1.42. The van der Waals surface area contributed by atoms with E-state index in [1.807, 2.05) is 31.2 Å². The van der Waals surface area contributed by atoms with Crippen molar-refractivity contribution in [1.29, 1.82) is 0 Å². The van der Waals surface area contributed by atoms with Gasteiger partial charge in [0.05, 0.1) is 5.75 Å². The molecule has 30 heavy (non-hydrogen) atoms. The van der Waals surface area contributed by atoms with Gasteiger partial charge < -0.3 is 14.4 Å². The Kier molecular flexibility index (Phi) is 5.57. The molecule has 1 amide bonds. The van der Waals surface area contributed by atoms with Crippen LogP contribution in [0.15, 0.2) is 58.2 Å². The van der Waals surface area contributed by atoms with Gasteiger partial charge in [-0.1, -0.05) is 46.7 Å². The van der Waals surface area contributed by atoms with Gasteiger partial charge in [0, 0.05) is 18.3 Å². The molecule has 4 aromatic rings. The quantitative estimate of drug-likeness (QED) is 0.471.